The van der Waals surface area contributed by atoms with Crippen molar-refractivity contribution in [2.75, 3.05) is 13.1 Å². The van der Waals surface area contributed by atoms with Gasteiger partial charge in [-0.3, -0.25) is 24.0 Å². The van der Waals surface area contributed by atoms with E-state index in [1.165, 1.54) is 15.8 Å². The van der Waals surface area contributed by atoms with Crippen molar-refractivity contribution in [1.82, 2.24) is 30.5 Å². The maximum absolute atomic E-state index is 13.3. The van der Waals surface area contributed by atoms with Crippen molar-refractivity contribution >= 4 is 29.4 Å². The van der Waals surface area contributed by atoms with Crippen LogP contribution in [0.15, 0.2) is 36.5 Å². The van der Waals surface area contributed by atoms with Crippen molar-refractivity contribution in [2.24, 2.45) is 11.7 Å². The Morgan fingerprint density at radius 1 is 1.11 bits per heavy atom. The van der Waals surface area contributed by atoms with Gasteiger partial charge < -0.3 is 21.3 Å². The van der Waals surface area contributed by atoms with Crippen molar-refractivity contribution in [2.45, 2.75) is 50.7 Å². The van der Waals surface area contributed by atoms with Crippen LogP contribution in [0.2, 0.25) is 0 Å². The standard InChI is InChI=1S/C24H29N7O5/c25-23(35)18-11-17-13-30(29-28-17)14-21(33)26-12-22(34)31-8-4-7-19(31)20(32)10-16(24(36)27-18)9-15-5-2-1-3-6-15/h1-3,5-6,13,16,18-19H,4,7-12,14H2,(H2,25,35)(H,26,33)(H,27,36). The van der Waals surface area contributed by atoms with E-state index in [0.717, 1.165) is 5.56 Å². The summed E-state index contributed by atoms with van der Waals surface area (Å²) in [4.78, 5) is 65.4. The summed E-state index contributed by atoms with van der Waals surface area (Å²) in [5.41, 5.74) is 6.76. The molecular weight excluding hydrogens is 466 g/mol. The molecule has 0 saturated carbocycles. The number of nitrogens with zero attached hydrogens (tertiary/aromatic N) is 4. The van der Waals surface area contributed by atoms with Crippen molar-refractivity contribution < 1.29 is 24.0 Å². The normalized spacial score (nSPS) is 24.0. The van der Waals surface area contributed by atoms with E-state index < -0.39 is 35.7 Å². The number of hydrogen-bond acceptors (Lipinski definition) is 7. The Kier molecular flexibility index (Phi) is 7.71. The highest BCUT2D eigenvalue weighted by Crippen LogP contribution is 2.23. The SMILES string of the molecule is NC(=O)C1Cc2cn(nn2)CC(=O)NCC(=O)N2CCCC2C(=O)CC(Cc2ccccc2)C(=O)N1. The lowest BCUT2D eigenvalue weighted by Crippen LogP contribution is -2.49. The van der Waals surface area contributed by atoms with Crippen LogP contribution in [0.5, 0.6) is 0 Å². The van der Waals surface area contributed by atoms with E-state index >= 15 is 0 Å². The maximum Gasteiger partial charge on any atom is 0.242 e. The summed E-state index contributed by atoms with van der Waals surface area (Å²) in [6.45, 7) is -0.0337. The molecule has 190 valence electrons. The smallest absolute Gasteiger partial charge is 0.242 e. The molecule has 3 unspecified atom stereocenters. The fourth-order valence-electron chi connectivity index (χ4n) is 4.64. The zero-order valence-corrected chi connectivity index (χ0v) is 19.8. The minimum Gasteiger partial charge on any atom is -0.368 e. The van der Waals surface area contributed by atoms with E-state index in [2.05, 4.69) is 20.9 Å². The van der Waals surface area contributed by atoms with Crippen molar-refractivity contribution in [3.05, 3.63) is 47.8 Å². The number of amides is 4. The van der Waals surface area contributed by atoms with E-state index in [1.54, 1.807) is 0 Å². The summed E-state index contributed by atoms with van der Waals surface area (Å²) < 4.78 is 1.27. The lowest BCUT2D eigenvalue weighted by molar-refractivity contribution is -0.139. The Balaban J connectivity index is 1.63. The van der Waals surface area contributed by atoms with Crippen LogP contribution in [0.1, 0.15) is 30.5 Å². The predicted molar refractivity (Wildman–Crippen MR) is 126 cm³/mol. The van der Waals surface area contributed by atoms with Crippen molar-refractivity contribution in [3.63, 3.8) is 0 Å². The number of nitrogens with two attached hydrogens (primary N) is 1. The fourth-order valence-corrected chi connectivity index (χ4v) is 4.64. The molecule has 4 N–H and O–H groups in total. The molecule has 12 nitrogen and oxygen atoms in total. The van der Waals surface area contributed by atoms with Gasteiger partial charge in [0.25, 0.3) is 0 Å². The number of carbonyl (C=O) groups is 5. The van der Waals surface area contributed by atoms with Crippen LogP contribution >= 0.6 is 0 Å². The molecule has 12 heteroatoms. The Hall–Kier alpha value is -4.09. The number of hydrogen-bond donors (Lipinski definition) is 3. The third kappa shape index (κ3) is 6.12. The number of carbonyl (C=O) groups excluding carboxylic acids is 5. The van der Waals surface area contributed by atoms with Crippen LogP contribution < -0.4 is 16.4 Å². The van der Waals surface area contributed by atoms with Gasteiger partial charge in [0.2, 0.25) is 23.6 Å². The Bertz CT molecular complexity index is 1150. The van der Waals surface area contributed by atoms with Gasteiger partial charge in [-0.1, -0.05) is 35.5 Å². The number of benzene rings is 1. The molecule has 4 amide bonds. The summed E-state index contributed by atoms with van der Waals surface area (Å²) in [7, 11) is 0. The largest absolute Gasteiger partial charge is 0.368 e. The van der Waals surface area contributed by atoms with Crippen LogP contribution in [-0.2, 0) is 43.4 Å². The van der Waals surface area contributed by atoms with Gasteiger partial charge in [-0.15, -0.1) is 5.10 Å². The summed E-state index contributed by atoms with van der Waals surface area (Å²) in [6.07, 6.45) is 2.76. The van der Waals surface area contributed by atoms with Gasteiger partial charge in [0.1, 0.15) is 12.6 Å². The lowest BCUT2D eigenvalue weighted by Gasteiger charge is -2.26. The molecule has 36 heavy (non-hydrogen) atoms. The quantitative estimate of drug-likeness (QED) is 0.477. The van der Waals surface area contributed by atoms with Crippen molar-refractivity contribution in [1.29, 1.82) is 0 Å². The summed E-state index contributed by atoms with van der Waals surface area (Å²) in [6, 6.07) is 7.51. The first-order chi connectivity index (χ1) is 17.3. The van der Waals surface area contributed by atoms with Gasteiger partial charge in [0.05, 0.1) is 18.3 Å². The van der Waals surface area contributed by atoms with Crippen LogP contribution in [0.3, 0.4) is 0 Å². The topological polar surface area (TPSA) is 169 Å². The first-order valence-electron chi connectivity index (χ1n) is 11.9. The highest BCUT2D eigenvalue weighted by Gasteiger charge is 2.36. The Morgan fingerprint density at radius 3 is 2.64 bits per heavy atom. The molecular formula is C24H29N7O5. The highest BCUT2D eigenvalue weighted by molar-refractivity contribution is 5.95. The van der Waals surface area contributed by atoms with E-state index in [0.29, 0.717) is 25.1 Å². The zero-order valence-electron chi connectivity index (χ0n) is 19.8. The van der Waals surface area contributed by atoms with E-state index in [1.807, 2.05) is 30.3 Å². The third-order valence-corrected chi connectivity index (χ3v) is 6.49. The first-order valence-corrected chi connectivity index (χ1v) is 11.9. The number of primary amides is 1. The lowest BCUT2D eigenvalue weighted by atomic mass is 9.90. The molecule has 1 aromatic heterocycles. The minimum atomic E-state index is -1.08. The van der Waals surface area contributed by atoms with E-state index in [-0.39, 0.29) is 44.0 Å². The van der Waals surface area contributed by atoms with Crippen LogP contribution in [0, 0.1) is 5.92 Å². The second-order valence-corrected chi connectivity index (χ2v) is 9.15. The molecule has 2 aliphatic rings. The van der Waals surface area contributed by atoms with Crippen molar-refractivity contribution in [3.8, 4) is 0 Å². The summed E-state index contributed by atoms with van der Waals surface area (Å²) >= 11 is 0. The molecule has 1 fully saturated rings. The fraction of sp³-hybridized carbons (Fsp3) is 0.458. The second-order valence-electron chi connectivity index (χ2n) is 9.15. The number of fused-ring (bicyclic) bond motifs is 3. The number of nitrogens with one attached hydrogen (secondary N) is 2. The zero-order chi connectivity index (χ0) is 25.7. The van der Waals surface area contributed by atoms with Gasteiger partial charge in [-0.05, 0) is 24.8 Å². The first kappa shape index (κ1) is 25.0. The number of ketones is 1. The monoisotopic (exact) mass is 495 g/mol. The number of Topliss-reactive ketones (excluding diaryl/α,β-unsaturated/α-hetero) is 1. The number of aromatic nitrogens is 3. The molecule has 1 saturated heterocycles. The summed E-state index contributed by atoms with van der Waals surface area (Å²) in [5.74, 6) is -3.06. The van der Waals surface area contributed by atoms with E-state index in [4.69, 9.17) is 5.73 Å². The van der Waals surface area contributed by atoms with Crippen LogP contribution in [0.4, 0.5) is 0 Å². The second kappa shape index (κ2) is 11.1. The van der Waals surface area contributed by atoms with Gasteiger partial charge in [-0.2, -0.15) is 0 Å². The van der Waals surface area contributed by atoms with Gasteiger partial charge in [0, 0.05) is 31.5 Å². The van der Waals surface area contributed by atoms with Gasteiger partial charge in [0.15, 0.2) is 5.78 Å². The average molecular weight is 496 g/mol. The molecule has 3 heterocycles. The Morgan fingerprint density at radius 2 is 1.89 bits per heavy atom. The molecule has 3 atom stereocenters. The van der Waals surface area contributed by atoms with Gasteiger partial charge in [-0.25, -0.2) is 4.68 Å². The summed E-state index contributed by atoms with van der Waals surface area (Å²) in [5, 5.41) is 13.1. The molecule has 1 aromatic carbocycles. The van der Waals surface area contributed by atoms with Gasteiger partial charge >= 0.3 is 0 Å². The Labute approximate surface area is 207 Å². The highest BCUT2D eigenvalue weighted by atomic mass is 16.2. The molecule has 4 rings (SSSR count). The molecule has 0 aliphatic carbocycles. The maximum atomic E-state index is 13.3. The predicted octanol–water partition coefficient (Wildman–Crippen LogP) is -1.27. The van der Waals surface area contributed by atoms with Crippen LogP contribution in [0.25, 0.3) is 0 Å². The average Bonchev–Trinajstić information content (AvgIpc) is 3.51. The molecule has 0 spiro atoms. The minimum absolute atomic E-state index is 0.0242. The molecule has 2 bridgehead atoms. The molecule has 2 aromatic rings. The third-order valence-electron chi connectivity index (χ3n) is 6.49. The van der Waals surface area contributed by atoms with E-state index in [9.17, 15) is 24.0 Å². The van der Waals surface area contributed by atoms with Crippen LogP contribution in [-0.4, -0.2) is 74.5 Å². The molecule has 0 radical (unpaired) electrons. The molecule has 2 aliphatic heterocycles. The number of rotatable bonds is 3.